The molecule has 0 spiro atoms. The van der Waals surface area contributed by atoms with Crippen LogP contribution < -0.4 is 0 Å². The van der Waals surface area contributed by atoms with Gasteiger partial charge in [0.05, 0.1) is 6.61 Å². The van der Waals surface area contributed by atoms with Gasteiger partial charge in [-0.1, -0.05) is 36.0 Å². The minimum absolute atomic E-state index is 0.298. The van der Waals surface area contributed by atoms with E-state index in [9.17, 15) is 4.79 Å². The highest BCUT2D eigenvalue weighted by molar-refractivity contribution is 7.08. The molecule has 20 heavy (non-hydrogen) atoms. The first-order valence-corrected chi connectivity index (χ1v) is 7.46. The van der Waals surface area contributed by atoms with Gasteiger partial charge in [-0.15, -0.1) is 0 Å². The lowest BCUT2D eigenvalue weighted by atomic mass is 10.2. The van der Waals surface area contributed by atoms with E-state index in [0.717, 1.165) is 11.1 Å². The number of thiophene rings is 1. The fourth-order valence-corrected chi connectivity index (χ4v) is 2.05. The molecule has 3 heteroatoms. The lowest BCUT2D eigenvalue weighted by Gasteiger charge is -1.95. The van der Waals surface area contributed by atoms with Crippen molar-refractivity contribution < 1.29 is 9.53 Å². The van der Waals surface area contributed by atoms with E-state index < -0.39 is 0 Å². The maximum Gasteiger partial charge on any atom is 0.330 e. The standard InChI is InChI=1S/C17H20O2S/c1-4-19-17(18)12-15(3)7-5-6-14(2)8-9-16-10-11-20-13-16/h5-13H,4H2,1-3H3/b7-5+,9-8+,14-6+,15-12+. The first-order chi connectivity index (χ1) is 9.61. The van der Waals surface area contributed by atoms with Gasteiger partial charge in [0.2, 0.25) is 0 Å². The van der Waals surface area contributed by atoms with Gasteiger partial charge in [0.15, 0.2) is 0 Å². The van der Waals surface area contributed by atoms with E-state index in [0.29, 0.717) is 6.61 Å². The number of esters is 1. The largest absolute Gasteiger partial charge is 0.463 e. The SMILES string of the molecule is CCOC(=O)/C=C(C)/C=C/C=C(C)/C=C/c1ccsc1. The summed E-state index contributed by atoms with van der Waals surface area (Å²) >= 11 is 1.69. The Bertz CT molecular complexity index is 531. The Hall–Kier alpha value is -1.87. The zero-order valence-corrected chi connectivity index (χ0v) is 12.9. The highest BCUT2D eigenvalue weighted by atomic mass is 32.1. The molecule has 106 valence electrons. The molecular formula is C17H20O2S. The molecule has 0 saturated carbocycles. The summed E-state index contributed by atoms with van der Waals surface area (Å²) in [6.07, 6.45) is 11.5. The minimum atomic E-state index is -0.298. The molecule has 2 nitrogen and oxygen atoms in total. The van der Waals surface area contributed by atoms with Crippen LogP contribution in [0.3, 0.4) is 0 Å². The van der Waals surface area contributed by atoms with Crippen molar-refractivity contribution in [3.8, 4) is 0 Å². The number of hydrogen-bond donors (Lipinski definition) is 0. The maximum absolute atomic E-state index is 11.2. The normalized spacial score (nSPS) is 13.3. The molecule has 0 fully saturated rings. The van der Waals surface area contributed by atoms with Crippen LogP contribution in [0.1, 0.15) is 26.3 Å². The molecule has 0 aliphatic rings. The highest BCUT2D eigenvalue weighted by Crippen LogP contribution is 2.09. The van der Waals surface area contributed by atoms with Gasteiger partial charge in [0.1, 0.15) is 0 Å². The summed E-state index contributed by atoms with van der Waals surface area (Å²) in [5.74, 6) is -0.298. The molecule has 0 radical (unpaired) electrons. The third-order valence-electron chi connectivity index (χ3n) is 2.43. The smallest absolute Gasteiger partial charge is 0.330 e. The minimum Gasteiger partial charge on any atom is -0.463 e. The molecule has 1 aromatic heterocycles. The number of carbonyl (C=O) groups excluding carboxylic acids is 1. The quantitative estimate of drug-likeness (QED) is 0.428. The fourth-order valence-electron chi connectivity index (χ4n) is 1.42. The summed E-state index contributed by atoms with van der Waals surface area (Å²) in [7, 11) is 0. The third kappa shape index (κ3) is 6.90. The second-order valence-corrected chi connectivity index (χ2v) is 5.08. The molecule has 0 amide bonds. The van der Waals surface area contributed by atoms with E-state index >= 15 is 0 Å². The van der Waals surface area contributed by atoms with Gasteiger partial charge in [-0.05, 0) is 48.7 Å². The summed E-state index contributed by atoms with van der Waals surface area (Å²) < 4.78 is 4.85. The fraction of sp³-hybridized carbons (Fsp3) is 0.235. The third-order valence-corrected chi connectivity index (χ3v) is 3.13. The molecule has 0 saturated heterocycles. The lowest BCUT2D eigenvalue weighted by Crippen LogP contribution is -1.99. The Morgan fingerprint density at radius 3 is 2.75 bits per heavy atom. The number of rotatable bonds is 6. The number of carbonyl (C=O) groups is 1. The molecule has 1 aromatic rings. The van der Waals surface area contributed by atoms with Crippen LogP contribution in [0.5, 0.6) is 0 Å². The van der Waals surface area contributed by atoms with Crippen LogP contribution in [0.2, 0.25) is 0 Å². The van der Waals surface area contributed by atoms with E-state index in [-0.39, 0.29) is 5.97 Å². The Balaban J connectivity index is 2.53. The van der Waals surface area contributed by atoms with E-state index in [2.05, 4.69) is 29.0 Å². The van der Waals surface area contributed by atoms with Crippen molar-refractivity contribution in [2.75, 3.05) is 6.61 Å². The number of ether oxygens (including phenoxy) is 1. The van der Waals surface area contributed by atoms with Crippen molar-refractivity contribution in [2.45, 2.75) is 20.8 Å². The van der Waals surface area contributed by atoms with E-state index in [1.165, 1.54) is 11.6 Å². The Morgan fingerprint density at radius 2 is 2.10 bits per heavy atom. The average molecular weight is 288 g/mol. The Morgan fingerprint density at radius 1 is 1.30 bits per heavy atom. The van der Waals surface area contributed by atoms with Gasteiger partial charge in [-0.3, -0.25) is 0 Å². The van der Waals surface area contributed by atoms with Gasteiger partial charge >= 0.3 is 5.97 Å². The van der Waals surface area contributed by atoms with Crippen molar-refractivity contribution in [1.29, 1.82) is 0 Å². The molecule has 1 heterocycles. The van der Waals surface area contributed by atoms with Crippen LogP contribution in [0, 0.1) is 0 Å². The lowest BCUT2D eigenvalue weighted by molar-refractivity contribution is -0.137. The summed E-state index contributed by atoms with van der Waals surface area (Å²) in [6, 6.07) is 2.08. The first kappa shape index (κ1) is 16.2. The van der Waals surface area contributed by atoms with Crippen LogP contribution in [0.15, 0.2) is 58.4 Å². The zero-order valence-electron chi connectivity index (χ0n) is 12.1. The van der Waals surface area contributed by atoms with Gasteiger partial charge in [-0.2, -0.15) is 11.3 Å². The highest BCUT2D eigenvalue weighted by Gasteiger charge is 1.94. The van der Waals surface area contributed by atoms with Gasteiger partial charge in [0, 0.05) is 6.08 Å². The van der Waals surface area contributed by atoms with Crippen LogP contribution >= 0.6 is 11.3 Å². The summed E-state index contributed by atoms with van der Waals surface area (Å²) in [4.78, 5) is 11.2. The van der Waals surface area contributed by atoms with Crippen molar-refractivity contribution in [3.05, 3.63) is 63.9 Å². The Labute approximate surface area is 124 Å². The van der Waals surface area contributed by atoms with Crippen molar-refractivity contribution >= 4 is 23.4 Å². The molecule has 0 aliphatic heterocycles. The molecule has 0 N–H and O–H groups in total. The second kappa shape index (κ2) is 9.10. The van der Waals surface area contributed by atoms with Gasteiger partial charge < -0.3 is 4.74 Å². The summed E-state index contributed by atoms with van der Waals surface area (Å²) in [5, 5.41) is 4.16. The van der Waals surface area contributed by atoms with Crippen LogP contribution in [0.4, 0.5) is 0 Å². The topological polar surface area (TPSA) is 26.3 Å². The first-order valence-electron chi connectivity index (χ1n) is 6.52. The molecule has 0 atom stereocenters. The molecule has 0 aliphatic carbocycles. The molecular weight excluding hydrogens is 268 g/mol. The predicted octanol–water partition coefficient (Wildman–Crippen LogP) is 4.77. The second-order valence-electron chi connectivity index (χ2n) is 4.30. The van der Waals surface area contributed by atoms with Crippen LogP contribution in [-0.4, -0.2) is 12.6 Å². The predicted molar refractivity (Wildman–Crippen MR) is 86.6 cm³/mol. The zero-order chi connectivity index (χ0) is 14.8. The molecule has 0 aromatic carbocycles. The number of hydrogen-bond acceptors (Lipinski definition) is 3. The average Bonchev–Trinajstić information content (AvgIpc) is 2.89. The summed E-state index contributed by atoms with van der Waals surface area (Å²) in [6.45, 7) is 6.11. The van der Waals surface area contributed by atoms with Crippen molar-refractivity contribution in [1.82, 2.24) is 0 Å². The maximum atomic E-state index is 11.2. The van der Waals surface area contributed by atoms with E-state index in [4.69, 9.17) is 4.74 Å². The Kier molecular flexibility index (Phi) is 7.36. The monoisotopic (exact) mass is 288 g/mol. The molecule has 0 bridgehead atoms. The van der Waals surface area contributed by atoms with Gasteiger partial charge in [0.25, 0.3) is 0 Å². The van der Waals surface area contributed by atoms with Crippen LogP contribution in [0.25, 0.3) is 6.08 Å². The van der Waals surface area contributed by atoms with E-state index in [1.54, 1.807) is 18.3 Å². The molecule has 0 unspecified atom stereocenters. The summed E-state index contributed by atoms with van der Waals surface area (Å²) in [5.41, 5.74) is 3.23. The van der Waals surface area contributed by atoms with Gasteiger partial charge in [-0.25, -0.2) is 4.79 Å². The van der Waals surface area contributed by atoms with Crippen molar-refractivity contribution in [2.24, 2.45) is 0 Å². The van der Waals surface area contributed by atoms with Crippen LogP contribution in [-0.2, 0) is 9.53 Å². The molecule has 1 rings (SSSR count). The number of allylic oxidation sites excluding steroid dienone is 6. The van der Waals surface area contributed by atoms with E-state index in [1.807, 2.05) is 32.1 Å². The van der Waals surface area contributed by atoms with Crippen molar-refractivity contribution in [3.63, 3.8) is 0 Å².